The van der Waals surface area contributed by atoms with Crippen molar-refractivity contribution in [2.75, 3.05) is 7.11 Å². The number of ketones is 1. The quantitative estimate of drug-likeness (QED) is 0.571. The van der Waals surface area contributed by atoms with Crippen molar-refractivity contribution in [3.8, 4) is 11.5 Å². The van der Waals surface area contributed by atoms with Gasteiger partial charge in [-0.15, -0.1) is 0 Å². The number of fused-ring (bicyclic) bond motifs is 1. The number of rotatable bonds is 4. The van der Waals surface area contributed by atoms with E-state index in [-0.39, 0.29) is 11.3 Å². The first-order valence-corrected chi connectivity index (χ1v) is 7.30. The molecule has 3 rings (SSSR count). The number of benzene rings is 2. The minimum Gasteiger partial charge on any atom is -0.506 e. The van der Waals surface area contributed by atoms with Gasteiger partial charge in [0.25, 0.3) is 5.56 Å². The van der Waals surface area contributed by atoms with E-state index in [4.69, 9.17) is 4.74 Å². The zero-order valence-corrected chi connectivity index (χ0v) is 12.9. The summed E-state index contributed by atoms with van der Waals surface area (Å²) in [5.74, 6) is -0.156. The number of para-hydroxylation sites is 1. The van der Waals surface area contributed by atoms with Gasteiger partial charge in [0.1, 0.15) is 17.1 Å². The highest BCUT2D eigenvalue weighted by molar-refractivity contribution is 6.11. The first-order valence-electron chi connectivity index (χ1n) is 7.30. The molecule has 1 aromatic heterocycles. The summed E-state index contributed by atoms with van der Waals surface area (Å²) in [4.78, 5) is 27.0. The number of carbonyl (C=O) groups is 1. The standard InChI is InChI=1S/C19H15NO4/c1-24-13-9-6-12(7-10-13)8-11-16(21)17-18(22)14-4-2-3-5-15(14)20-19(17)23/h2-11H,1H3,(H2,20,22,23). The number of nitrogens with one attached hydrogen (secondary N) is 1. The number of aromatic amines is 1. The van der Waals surface area contributed by atoms with Crippen molar-refractivity contribution in [3.05, 3.63) is 76.1 Å². The van der Waals surface area contributed by atoms with Crippen LogP contribution in [0, 0.1) is 0 Å². The summed E-state index contributed by atoms with van der Waals surface area (Å²) in [5.41, 5.74) is 0.380. The molecule has 0 fully saturated rings. The van der Waals surface area contributed by atoms with Crippen molar-refractivity contribution < 1.29 is 14.6 Å². The van der Waals surface area contributed by atoms with Crippen LogP contribution >= 0.6 is 0 Å². The molecule has 0 spiro atoms. The van der Waals surface area contributed by atoms with Crippen LogP contribution in [0.3, 0.4) is 0 Å². The number of aromatic nitrogens is 1. The van der Waals surface area contributed by atoms with Crippen LogP contribution in [0.2, 0.25) is 0 Å². The van der Waals surface area contributed by atoms with Crippen LogP contribution in [0.5, 0.6) is 11.5 Å². The molecule has 0 atom stereocenters. The molecular weight excluding hydrogens is 306 g/mol. The summed E-state index contributed by atoms with van der Waals surface area (Å²) in [6, 6.07) is 13.9. The van der Waals surface area contributed by atoms with Crippen molar-refractivity contribution in [1.29, 1.82) is 0 Å². The number of hydrogen-bond acceptors (Lipinski definition) is 4. The minimum atomic E-state index is -0.615. The first kappa shape index (κ1) is 15.6. The van der Waals surface area contributed by atoms with Crippen LogP contribution in [0.15, 0.2) is 59.4 Å². The maximum Gasteiger partial charge on any atom is 0.263 e. The number of carbonyl (C=O) groups excluding carboxylic acids is 1. The summed E-state index contributed by atoms with van der Waals surface area (Å²) in [6.45, 7) is 0. The number of allylic oxidation sites excluding steroid dienone is 1. The molecule has 0 unspecified atom stereocenters. The second-order valence-corrected chi connectivity index (χ2v) is 5.19. The number of pyridine rings is 1. The minimum absolute atomic E-state index is 0.265. The Bertz CT molecular complexity index is 984. The van der Waals surface area contributed by atoms with Crippen LogP contribution in [0.25, 0.3) is 17.0 Å². The van der Waals surface area contributed by atoms with E-state index in [1.807, 2.05) is 0 Å². The van der Waals surface area contributed by atoms with Gasteiger partial charge in [0, 0.05) is 5.39 Å². The molecule has 0 bridgehead atoms. The molecule has 0 saturated heterocycles. The number of H-pyrrole nitrogens is 1. The molecule has 3 aromatic rings. The molecule has 5 nitrogen and oxygen atoms in total. The maximum absolute atomic E-state index is 12.3. The van der Waals surface area contributed by atoms with E-state index >= 15 is 0 Å². The topological polar surface area (TPSA) is 79.4 Å². The summed E-state index contributed by atoms with van der Waals surface area (Å²) < 4.78 is 5.07. The molecule has 24 heavy (non-hydrogen) atoms. The fourth-order valence-electron chi connectivity index (χ4n) is 2.42. The van der Waals surface area contributed by atoms with E-state index in [0.717, 1.165) is 5.56 Å². The molecule has 2 N–H and O–H groups in total. The second kappa shape index (κ2) is 6.42. The molecule has 120 valence electrons. The molecule has 1 heterocycles. The molecule has 0 saturated carbocycles. The van der Waals surface area contributed by atoms with Gasteiger partial charge >= 0.3 is 0 Å². The molecule has 0 aliphatic rings. The third kappa shape index (κ3) is 2.92. The fourth-order valence-corrected chi connectivity index (χ4v) is 2.42. The van der Waals surface area contributed by atoms with E-state index < -0.39 is 11.3 Å². The van der Waals surface area contributed by atoms with E-state index in [1.54, 1.807) is 61.7 Å². The molecule has 0 aliphatic heterocycles. The average molecular weight is 321 g/mol. The van der Waals surface area contributed by atoms with Crippen LogP contribution in [-0.2, 0) is 0 Å². The normalized spacial score (nSPS) is 11.0. The van der Waals surface area contributed by atoms with Gasteiger partial charge in [-0.2, -0.15) is 0 Å². The lowest BCUT2D eigenvalue weighted by Gasteiger charge is -2.04. The summed E-state index contributed by atoms with van der Waals surface area (Å²) >= 11 is 0. The lowest BCUT2D eigenvalue weighted by molar-refractivity contribution is 0.104. The first-order chi connectivity index (χ1) is 11.6. The zero-order valence-electron chi connectivity index (χ0n) is 12.9. The molecule has 0 aliphatic carbocycles. The van der Waals surface area contributed by atoms with Crippen molar-refractivity contribution >= 4 is 22.8 Å². The molecule has 0 radical (unpaired) electrons. The summed E-state index contributed by atoms with van der Waals surface area (Å²) in [7, 11) is 1.57. The Labute approximate surface area is 137 Å². The lowest BCUT2D eigenvalue weighted by atomic mass is 10.1. The Morgan fingerprint density at radius 1 is 1.12 bits per heavy atom. The molecule has 2 aromatic carbocycles. The largest absolute Gasteiger partial charge is 0.506 e. The van der Waals surface area contributed by atoms with Crippen molar-refractivity contribution in [3.63, 3.8) is 0 Å². The fraction of sp³-hybridized carbons (Fsp3) is 0.0526. The van der Waals surface area contributed by atoms with E-state index in [2.05, 4.69) is 4.98 Å². The highest BCUT2D eigenvalue weighted by Gasteiger charge is 2.16. The SMILES string of the molecule is COc1ccc(C=CC(=O)c2c(O)c3ccccc3[nH]c2=O)cc1. The van der Waals surface area contributed by atoms with Gasteiger partial charge in [-0.05, 0) is 35.9 Å². The Balaban J connectivity index is 1.96. The smallest absolute Gasteiger partial charge is 0.263 e. The average Bonchev–Trinajstić information content (AvgIpc) is 2.60. The van der Waals surface area contributed by atoms with Crippen molar-refractivity contribution in [2.24, 2.45) is 0 Å². The summed E-state index contributed by atoms with van der Waals surface area (Å²) in [5, 5.41) is 10.7. The van der Waals surface area contributed by atoms with Gasteiger partial charge in [0.15, 0.2) is 5.78 Å². The van der Waals surface area contributed by atoms with Crippen LogP contribution in [-0.4, -0.2) is 23.0 Å². The van der Waals surface area contributed by atoms with Crippen LogP contribution in [0.1, 0.15) is 15.9 Å². The number of hydrogen-bond donors (Lipinski definition) is 2. The zero-order chi connectivity index (χ0) is 17.1. The van der Waals surface area contributed by atoms with Gasteiger partial charge < -0.3 is 14.8 Å². The molecular formula is C19H15NO4. The number of aromatic hydroxyl groups is 1. The van der Waals surface area contributed by atoms with Crippen molar-refractivity contribution in [2.45, 2.75) is 0 Å². The predicted molar refractivity (Wildman–Crippen MR) is 92.6 cm³/mol. The third-order valence-electron chi connectivity index (χ3n) is 3.68. The van der Waals surface area contributed by atoms with Gasteiger partial charge in [0.2, 0.25) is 0 Å². The lowest BCUT2D eigenvalue weighted by Crippen LogP contribution is -2.16. The highest BCUT2D eigenvalue weighted by Crippen LogP contribution is 2.25. The monoisotopic (exact) mass is 321 g/mol. The van der Waals surface area contributed by atoms with Crippen LogP contribution in [0.4, 0.5) is 0 Å². The van der Waals surface area contributed by atoms with Crippen LogP contribution < -0.4 is 10.3 Å². The van der Waals surface area contributed by atoms with Gasteiger partial charge in [-0.3, -0.25) is 9.59 Å². The highest BCUT2D eigenvalue weighted by atomic mass is 16.5. The molecule has 5 heteroatoms. The Kier molecular flexibility index (Phi) is 4.16. The third-order valence-corrected chi connectivity index (χ3v) is 3.68. The Morgan fingerprint density at radius 3 is 2.54 bits per heavy atom. The van der Waals surface area contributed by atoms with Crippen molar-refractivity contribution in [1.82, 2.24) is 4.98 Å². The number of methoxy groups -OCH3 is 1. The molecule has 0 amide bonds. The van der Waals surface area contributed by atoms with Gasteiger partial charge in [-0.1, -0.05) is 30.3 Å². The van der Waals surface area contributed by atoms with E-state index in [0.29, 0.717) is 16.7 Å². The maximum atomic E-state index is 12.3. The predicted octanol–water partition coefficient (Wildman–Crippen LogP) is 3.14. The number of ether oxygens (including phenoxy) is 1. The Morgan fingerprint density at radius 2 is 1.83 bits per heavy atom. The second-order valence-electron chi connectivity index (χ2n) is 5.19. The van der Waals surface area contributed by atoms with E-state index in [1.165, 1.54) is 6.08 Å². The summed E-state index contributed by atoms with van der Waals surface area (Å²) in [6.07, 6.45) is 2.84. The van der Waals surface area contributed by atoms with Gasteiger partial charge in [0.05, 0.1) is 12.6 Å². The Hall–Kier alpha value is -3.34. The van der Waals surface area contributed by atoms with Gasteiger partial charge in [-0.25, -0.2) is 0 Å². The van der Waals surface area contributed by atoms with E-state index in [9.17, 15) is 14.7 Å².